The lowest BCUT2D eigenvalue weighted by Crippen LogP contribution is -2.37. The monoisotopic (exact) mass is 297 g/mol. The van der Waals surface area contributed by atoms with Crippen molar-refractivity contribution in [3.8, 4) is 0 Å². The summed E-state index contributed by atoms with van der Waals surface area (Å²) in [5.41, 5.74) is 2.71. The summed E-state index contributed by atoms with van der Waals surface area (Å²) in [4.78, 5) is 12.7. The molecule has 3 heteroatoms. The summed E-state index contributed by atoms with van der Waals surface area (Å²) >= 11 is 0. The Kier molecular flexibility index (Phi) is 3.59. The Balaban J connectivity index is 2.10. The van der Waals surface area contributed by atoms with Crippen LogP contribution in [-0.2, 0) is 17.3 Å². The van der Waals surface area contributed by atoms with Gasteiger partial charge in [-0.3, -0.25) is 4.79 Å². The van der Waals surface area contributed by atoms with Gasteiger partial charge in [-0.1, -0.05) is 32.0 Å². The highest BCUT2D eigenvalue weighted by atomic mass is 16.2. The van der Waals surface area contributed by atoms with Crippen molar-refractivity contribution in [2.24, 2.45) is 13.0 Å². The zero-order valence-electron chi connectivity index (χ0n) is 13.5. The van der Waals surface area contributed by atoms with Crippen LogP contribution in [0.5, 0.6) is 0 Å². The van der Waals surface area contributed by atoms with E-state index in [2.05, 4.69) is 36.7 Å². The van der Waals surface area contributed by atoms with E-state index in [-0.39, 0.29) is 17.1 Å². The fourth-order valence-electron chi connectivity index (χ4n) is 3.83. The van der Waals surface area contributed by atoms with E-state index in [1.807, 2.05) is 19.2 Å². The average molecular weight is 297 g/mol. The lowest BCUT2D eigenvalue weighted by Gasteiger charge is -2.36. The maximum atomic E-state index is 12.7. The van der Waals surface area contributed by atoms with Gasteiger partial charge in [-0.15, -0.1) is 0 Å². The number of aliphatic hydroxyl groups excluding tert-OH is 1. The fraction of sp³-hybridized carbons (Fsp3) is 0.421. The van der Waals surface area contributed by atoms with E-state index in [1.165, 1.54) is 16.5 Å². The minimum atomic E-state index is -0.257. The van der Waals surface area contributed by atoms with Gasteiger partial charge in [0.2, 0.25) is 0 Å². The summed E-state index contributed by atoms with van der Waals surface area (Å²) < 4.78 is 2.13. The standard InChI is InChI=1S/C19H23NO2/c1-19(2,15-9-6-7-13(12-21)18(15)22)16-11-20(3)17-10-5-4-8-14(16)17/h4-5,8,10-12,15,21H,6-7,9H2,1-3H3/b13-12+. The van der Waals surface area contributed by atoms with E-state index in [4.69, 9.17) is 0 Å². The van der Waals surface area contributed by atoms with Crippen LogP contribution in [0.25, 0.3) is 10.9 Å². The van der Waals surface area contributed by atoms with Crippen molar-refractivity contribution in [1.29, 1.82) is 0 Å². The molecule has 3 rings (SSSR count). The number of nitrogens with zero attached hydrogens (tertiary/aromatic N) is 1. The molecule has 0 bridgehead atoms. The highest BCUT2D eigenvalue weighted by molar-refractivity contribution is 5.99. The molecule has 1 aromatic carbocycles. The Morgan fingerprint density at radius 2 is 2.05 bits per heavy atom. The molecule has 1 heterocycles. The minimum absolute atomic E-state index is 0.0783. The second kappa shape index (κ2) is 5.31. The molecule has 0 amide bonds. The highest BCUT2D eigenvalue weighted by Crippen LogP contribution is 2.43. The van der Waals surface area contributed by atoms with Gasteiger partial charge < -0.3 is 9.67 Å². The molecule has 2 aromatic rings. The SMILES string of the molecule is Cn1cc(C(C)(C)C2CCC/C(=C\O)C2=O)c2ccccc21. The van der Waals surface area contributed by atoms with Crippen molar-refractivity contribution >= 4 is 16.7 Å². The molecule has 1 aromatic heterocycles. The first-order valence-electron chi connectivity index (χ1n) is 7.89. The van der Waals surface area contributed by atoms with Gasteiger partial charge in [0.15, 0.2) is 5.78 Å². The van der Waals surface area contributed by atoms with Crippen LogP contribution in [0.15, 0.2) is 42.3 Å². The number of hydrogen-bond donors (Lipinski definition) is 1. The van der Waals surface area contributed by atoms with Gasteiger partial charge in [-0.05, 0) is 30.9 Å². The molecule has 1 fully saturated rings. The fourth-order valence-corrected chi connectivity index (χ4v) is 3.83. The number of aromatic nitrogens is 1. The Labute approximate surface area is 131 Å². The van der Waals surface area contributed by atoms with Gasteiger partial charge >= 0.3 is 0 Å². The molecule has 116 valence electrons. The Morgan fingerprint density at radius 1 is 1.32 bits per heavy atom. The number of aryl methyl sites for hydroxylation is 1. The molecule has 0 radical (unpaired) electrons. The van der Waals surface area contributed by atoms with Crippen molar-refractivity contribution in [2.45, 2.75) is 38.5 Å². The topological polar surface area (TPSA) is 42.2 Å². The molecular weight excluding hydrogens is 274 g/mol. The van der Waals surface area contributed by atoms with Gasteiger partial charge in [0, 0.05) is 41.1 Å². The van der Waals surface area contributed by atoms with Crippen LogP contribution in [-0.4, -0.2) is 15.5 Å². The maximum Gasteiger partial charge on any atom is 0.165 e. The van der Waals surface area contributed by atoms with E-state index in [0.717, 1.165) is 19.1 Å². The number of ketones is 1. The van der Waals surface area contributed by atoms with Gasteiger partial charge in [-0.25, -0.2) is 0 Å². The number of para-hydroxylation sites is 1. The maximum absolute atomic E-state index is 12.7. The number of fused-ring (bicyclic) bond motifs is 1. The number of Topliss-reactive ketones (excluding diaryl/α,β-unsaturated/α-hetero) is 1. The van der Waals surface area contributed by atoms with E-state index in [9.17, 15) is 9.90 Å². The molecule has 1 atom stereocenters. The first-order chi connectivity index (χ1) is 10.5. The molecule has 0 spiro atoms. The molecule has 1 unspecified atom stereocenters. The normalized spacial score (nSPS) is 21.7. The Morgan fingerprint density at radius 3 is 2.77 bits per heavy atom. The summed E-state index contributed by atoms with van der Waals surface area (Å²) in [6.45, 7) is 4.30. The number of benzene rings is 1. The van der Waals surface area contributed by atoms with Crippen molar-refractivity contribution < 1.29 is 9.90 Å². The smallest absolute Gasteiger partial charge is 0.165 e. The first kappa shape index (κ1) is 14.9. The Bertz CT molecular complexity index is 752. The third kappa shape index (κ3) is 2.16. The highest BCUT2D eigenvalue weighted by Gasteiger charge is 2.40. The summed E-state index contributed by atoms with van der Waals surface area (Å²) in [6.07, 6.45) is 5.68. The van der Waals surface area contributed by atoms with Crippen molar-refractivity contribution in [3.05, 3.63) is 47.9 Å². The third-order valence-electron chi connectivity index (χ3n) is 5.19. The van der Waals surface area contributed by atoms with Crippen LogP contribution in [0, 0.1) is 5.92 Å². The zero-order valence-corrected chi connectivity index (χ0v) is 13.5. The number of rotatable bonds is 2. The zero-order chi connectivity index (χ0) is 15.9. The van der Waals surface area contributed by atoms with Crippen molar-refractivity contribution in [2.75, 3.05) is 0 Å². The summed E-state index contributed by atoms with van der Waals surface area (Å²) in [5, 5.41) is 10.5. The van der Waals surface area contributed by atoms with Crippen molar-refractivity contribution in [3.63, 3.8) is 0 Å². The molecule has 1 saturated carbocycles. The Hall–Kier alpha value is -2.03. The number of hydrogen-bond acceptors (Lipinski definition) is 2. The second-order valence-corrected chi connectivity index (χ2v) is 6.86. The van der Waals surface area contributed by atoms with Crippen LogP contribution in [0.2, 0.25) is 0 Å². The molecular formula is C19H23NO2. The van der Waals surface area contributed by atoms with Crippen LogP contribution in [0.4, 0.5) is 0 Å². The van der Waals surface area contributed by atoms with Gasteiger partial charge in [-0.2, -0.15) is 0 Å². The summed E-state index contributed by atoms with van der Waals surface area (Å²) in [5.74, 6) is 0.0251. The number of carbonyl (C=O) groups is 1. The molecule has 22 heavy (non-hydrogen) atoms. The molecule has 0 saturated heterocycles. The van der Waals surface area contributed by atoms with E-state index >= 15 is 0 Å². The average Bonchev–Trinajstić information content (AvgIpc) is 2.86. The summed E-state index contributed by atoms with van der Waals surface area (Å²) in [6, 6.07) is 8.32. The molecule has 1 aliphatic rings. The van der Waals surface area contributed by atoms with Crippen LogP contribution in [0.1, 0.15) is 38.7 Å². The van der Waals surface area contributed by atoms with Crippen LogP contribution >= 0.6 is 0 Å². The number of allylic oxidation sites excluding steroid dienone is 1. The largest absolute Gasteiger partial charge is 0.515 e. The number of carbonyl (C=O) groups excluding carboxylic acids is 1. The van der Waals surface area contributed by atoms with Gasteiger partial charge in [0.05, 0.1) is 6.26 Å². The predicted molar refractivity (Wildman–Crippen MR) is 89.0 cm³/mol. The third-order valence-corrected chi connectivity index (χ3v) is 5.19. The quantitative estimate of drug-likeness (QED) is 0.664. The number of aliphatic hydroxyl groups is 1. The molecule has 3 nitrogen and oxygen atoms in total. The van der Waals surface area contributed by atoms with Gasteiger partial charge in [0.1, 0.15) is 0 Å². The summed E-state index contributed by atoms with van der Waals surface area (Å²) in [7, 11) is 2.05. The van der Waals surface area contributed by atoms with Gasteiger partial charge in [0.25, 0.3) is 0 Å². The molecule has 1 aliphatic carbocycles. The van der Waals surface area contributed by atoms with E-state index < -0.39 is 0 Å². The lowest BCUT2D eigenvalue weighted by molar-refractivity contribution is -0.122. The molecule has 0 aliphatic heterocycles. The second-order valence-electron chi connectivity index (χ2n) is 6.86. The van der Waals surface area contributed by atoms with Crippen molar-refractivity contribution in [1.82, 2.24) is 4.57 Å². The first-order valence-corrected chi connectivity index (χ1v) is 7.89. The van der Waals surface area contributed by atoms with Crippen LogP contribution < -0.4 is 0 Å². The minimum Gasteiger partial charge on any atom is -0.515 e. The lowest BCUT2D eigenvalue weighted by atomic mass is 9.66. The predicted octanol–water partition coefficient (Wildman–Crippen LogP) is 4.27. The van der Waals surface area contributed by atoms with E-state index in [0.29, 0.717) is 12.0 Å². The van der Waals surface area contributed by atoms with Crippen LogP contribution in [0.3, 0.4) is 0 Å². The van der Waals surface area contributed by atoms with E-state index in [1.54, 1.807) is 0 Å². The molecule has 1 N–H and O–H groups in total.